The van der Waals surface area contributed by atoms with E-state index in [1.807, 2.05) is 43.5 Å². The van der Waals surface area contributed by atoms with Gasteiger partial charge in [-0.1, -0.05) is 12.1 Å². The molecule has 1 aromatic carbocycles. The molecule has 0 saturated carbocycles. The number of nitrogens with zero attached hydrogens (tertiary/aromatic N) is 3. The van der Waals surface area contributed by atoms with Crippen molar-refractivity contribution in [1.82, 2.24) is 20.0 Å². The van der Waals surface area contributed by atoms with Gasteiger partial charge in [-0.15, -0.1) is 0 Å². The van der Waals surface area contributed by atoms with E-state index in [1.54, 1.807) is 17.9 Å². The van der Waals surface area contributed by atoms with Crippen LogP contribution in [0, 0.1) is 0 Å². The molecule has 2 amide bonds. The van der Waals surface area contributed by atoms with Crippen molar-refractivity contribution in [1.29, 1.82) is 0 Å². The van der Waals surface area contributed by atoms with Crippen LogP contribution in [0.2, 0.25) is 0 Å². The smallest absolute Gasteiger partial charge is 0.317 e. The van der Waals surface area contributed by atoms with Gasteiger partial charge in [-0.3, -0.25) is 4.79 Å². The highest BCUT2D eigenvalue weighted by Gasteiger charge is 2.14. The molecule has 0 saturated heterocycles. The van der Waals surface area contributed by atoms with Gasteiger partial charge >= 0.3 is 12.0 Å². The first-order valence-corrected chi connectivity index (χ1v) is 7.31. The maximum Gasteiger partial charge on any atom is 0.317 e. The summed E-state index contributed by atoms with van der Waals surface area (Å²) in [6.45, 7) is 2.05. The van der Waals surface area contributed by atoms with Crippen LogP contribution in [0.25, 0.3) is 5.69 Å². The SMILES string of the molecule is CC(NC(=O)N(C)CCC(=O)O)c1cccc(-n2cccn2)c1. The molecule has 0 bridgehead atoms. The van der Waals surface area contributed by atoms with Crippen LogP contribution < -0.4 is 5.32 Å². The van der Waals surface area contributed by atoms with Gasteiger partial charge in [0.25, 0.3) is 0 Å². The molecule has 0 radical (unpaired) electrons. The topological polar surface area (TPSA) is 87.5 Å². The van der Waals surface area contributed by atoms with Crippen LogP contribution in [0.5, 0.6) is 0 Å². The molecule has 7 heteroatoms. The van der Waals surface area contributed by atoms with E-state index in [1.165, 1.54) is 4.90 Å². The Labute approximate surface area is 134 Å². The Balaban J connectivity index is 2.00. The standard InChI is InChI=1S/C16H20N4O3/c1-12(18-16(23)19(2)10-7-15(21)22)13-5-3-6-14(11-13)20-9-4-8-17-20/h3-6,8-9,11-12H,7,10H2,1-2H3,(H,18,23)(H,21,22). The van der Waals surface area contributed by atoms with Crippen LogP contribution in [-0.2, 0) is 4.79 Å². The summed E-state index contributed by atoms with van der Waals surface area (Å²) in [6, 6.07) is 9.06. The first-order valence-electron chi connectivity index (χ1n) is 7.31. The summed E-state index contributed by atoms with van der Waals surface area (Å²) in [5, 5.41) is 15.7. The molecule has 7 nitrogen and oxygen atoms in total. The number of amides is 2. The number of hydrogen-bond donors (Lipinski definition) is 2. The lowest BCUT2D eigenvalue weighted by molar-refractivity contribution is -0.137. The van der Waals surface area contributed by atoms with E-state index in [-0.39, 0.29) is 25.0 Å². The van der Waals surface area contributed by atoms with Crippen molar-refractivity contribution >= 4 is 12.0 Å². The minimum absolute atomic E-state index is 0.0763. The van der Waals surface area contributed by atoms with Crippen molar-refractivity contribution in [3.8, 4) is 5.69 Å². The van der Waals surface area contributed by atoms with Gasteiger partial charge in [0, 0.05) is 26.0 Å². The number of aromatic nitrogens is 2. The minimum atomic E-state index is -0.926. The van der Waals surface area contributed by atoms with Gasteiger partial charge < -0.3 is 15.3 Å². The summed E-state index contributed by atoms with van der Waals surface area (Å²) in [6.07, 6.45) is 3.48. The Hall–Kier alpha value is -2.83. The summed E-state index contributed by atoms with van der Waals surface area (Å²) in [5.41, 5.74) is 1.85. The number of urea groups is 1. The quantitative estimate of drug-likeness (QED) is 0.854. The second-order valence-electron chi connectivity index (χ2n) is 5.28. The van der Waals surface area contributed by atoms with Crippen LogP contribution in [-0.4, -0.2) is 45.4 Å². The zero-order valence-electron chi connectivity index (χ0n) is 13.1. The van der Waals surface area contributed by atoms with Gasteiger partial charge in [0.05, 0.1) is 18.2 Å². The third-order valence-corrected chi connectivity index (χ3v) is 3.49. The fourth-order valence-electron chi connectivity index (χ4n) is 2.10. The molecule has 122 valence electrons. The van der Waals surface area contributed by atoms with E-state index < -0.39 is 5.97 Å². The third kappa shape index (κ3) is 4.57. The van der Waals surface area contributed by atoms with Crippen molar-refractivity contribution < 1.29 is 14.7 Å². The highest BCUT2D eigenvalue weighted by atomic mass is 16.4. The highest BCUT2D eigenvalue weighted by Crippen LogP contribution is 2.16. The molecule has 1 heterocycles. The largest absolute Gasteiger partial charge is 0.481 e. The molecule has 2 N–H and O–H groups in total. The van der Waals surface area contributed by atoms with E-state index in [0.717, 1.165) is 11.3 Å². The summed E-state index contributed by atoms with van der Waals surface area (Å²) in [7, 11) is 1.57. The normalized spacial score (nSPS) is 11.7. The number of benzene rings is 1. The number of rotatable bonds is 6. The molecule has 0 aliphatic carbocycles. The number of carboxylic acid groups (broad SMARTS) is 1. The average molecular weight is 316 g/mol. The van der Waals surface area contributed by atoms with E-state index in [9.17, 15) is 9.59 Å². The van der Waals surface area contributed by atoms with E-state index in [2.05, 4.69) is 10.4 Å². The summed E-state index contributed by atoms with van der Waals surface area (Å²) in [5.74, 6) is -0.926. The highest BCUT2D eigenvalue weighted by molar-refractivity contribution is 5.75. The van der Waals surface area contributed by atoms with Crippen molar-refractivity contribution in [2.75, 3.05) is 13.6 Å². The van der Waals surface area contributed by atoms with Crippen LogP contribution in [0.1, 0.15) is 24.9 Å². The maximum atomic E-state index is 12.1. The molecule has 23 heavy (non-hydrogen) atoms. The first kappa shape index (κ1) is 16.5. The van der Waals surface area contributed by atoms with Crippen molar-refractivity contribution in [3.63, 3.8) is 0 Å². The van der Waals surface area contributed by atoms with E-state index in [4.69, 9.17) is 5.11 Å². The molecule has 2 rings (SSSR count). The Morgan fingerprint density at radius 1 is 1.39 bits per heavy atom. The average Bonchev–Trinajstić information content (AvgIpc) is 3.07. The predicted molar refractivity (Wildman–Crippen MR) is 85.4 cm³/mol. The molecule has 1 aromatic heterocycles. The Morgan fingerprint density at radius 2 is 2.17 bits per heavy atom. The third-order valence-electron chi connectivity index (χ3n) is 3.49. The van der Waals surface area contributed by atoms with Gasteiger partial charge in [-0.05, 0) is 30.7 Å². The predicted octanol–water partition coefficient (Wildman–Crippen LogP) is 2.05. The molecule has 1 unspecified atom stereocenters. The zero-order valence-corrected chi connectivity index (χ0v) is 13.1. The van der Waals surface area contributed by atoms with Crippen LogP contribution in [0.3, 0.4) is 0 Å². The van der Waals surface area contributed by atoms with Crippen LogP contribution >= 0.6 is 0 Å². The maximum absolute atomic E-state index is 12.1. The van der Waals surface area contributed by atoms with Gasteiger partial charge in [0.2, 0.25) is 0 Å². The zero-order chi connectivity index (χ0) is 16.8. The molecule has 0 aliphatic rings. The van der Waals surface area contributed by atoms with Gasteiger partial charge in [-0.25, -0.2) is 9.48 Å². The van der Waals surface area contributed by atoms with E-state index in [0.29, 0.717) is 0 Å². The van der Waals surface area contributed by atoms with Gasteiger partial charge in [0.1, 0.15) is 0 Å². The molecular formula is C16H20N4O3. The van der Waals surface area contributed by atoms with Crippen molar-refractivity contribution in [2.24, 2.45) is 0 Å². The lowest BCUT2D eigenvalue weighted by Crippen LogP contribution is -2.39. The number of nitrogens with one attached hydrogen (secondary N) is 1. The first-order chi connectivity index (χ1) is 11.0. The molecule has 0 spiro atoms. The summed E-state index contributed by atoms with van der Waals surface area (Å²) < 4.78 is 1.75. The molecule has 1 atom stereocenters. The second-order valence-corrected chi connectivity index (χ2v) is 5.28. The van der Waals surface area contributed by atoms with Crippen molar-refractivity contribution in [2.45, 2.75) is 19.4 Å². The van der Waals surface area contributed by atoms with Crippen LogP contribution in [0.15, 0.2) is 42.7 Å². The molecule has 0 fully saturated rings. The van der Waals surface area contributed by atoms with Crippen LogP contribution in [0.4, 0.5) is 4.79 Å². The Morgan fingerprint density at radius 3 is 2.83 bits per heavy atom. The summed E-state index contributed by atoms with van der Waals surface area (Å²) >= 11 is 0. The van der Waals surface area contributed by atoms with Crippen molar-refractivity contribution in [3.05, 3.63) is 48.3 Å². The second kappa shape index (κ2) is 7.44. The molecule has 0 aliphatic heterocycles. The fraction of sp³-hybridized carbons (Fsp3) is 0.312. The monoisotopic (exact) mass is 316 g/mol. The number of carbonyl (C=O) groups excluding carboxylic acids is 1. The van der Waals surface area contributed by atoms with Gasteiger partial charge in [0.15, 0.2) is 0 Å². The van der Waals surface area contributed by atoms with E-state index >= 15 is 0 Å². The minimum Gasteiger partial charge on any atom is -0.481 e. The Bertz CT molecular complexity index is 670. The fourth-order valence-corrected chi connectivity index (χ4v) is 2.10. The number of aliphatic carboxylic acids is 1. The Kier molecular flexibility index (Phi) is 5.35. The lowest BCUT2D eigenvalue weighted by atomic mass is 10.1. The summed E-state index contributed by atoms with van der Waals surface area (Å²) in [4.78, 5) is 24.0. The lowest BCUT2D eigenvalue weighted by Gasteiger charge is -2.21. The van der Waals surface area contributed by atoms with Gasteiger partial charge in [-0.2, -0.15) is 5.10 Å². The molecule has 2 aromatic rings. The number of carboxylic acids is 1. The number of carbonyl (C=O) groups is 2. The number of hydrogen-bond acceptors (Lipinski definition) is 3. The molecular weight excluding hydrogens is 296 g/mol.